The summed E-state index contributed by atoms with van der Waals surface area (Å²) >= 11 is 6.10. The van der Waals surface area contributed by atoms with Crippen LogP contribution in [-0.2, 0) is 5.41 Å². The number of ether oxygens (including phenoxy) is 1. The molecular weight excluding hydrogens is 396 g/mol. The van der Waals surface area contributed by atoms with Crippen molar-refractivity contribution in [3.05, 3.63) is 71.0 Å². The van der Waals surface area contributed by atoms with E-state index in [2.05, 4.69) is 32.2 Å². The van der Waals surface area contributed by atoms with Crippen LogP contribution in [0.2, 0.25) is 5.02 Å². The highest BCUT2D eigenvalue weighted by Gasteiger charge is 2.22. The van der Waals surface area contributed by atoms with E-state index in [0.717, 1.165) is 45.4 Å². The van der Waals surface area contributed by atoms with E-state index in [1.54, 1.807) is 7.11 Å². The van der Waals surface area contributed by atoms with E-state index in [4.69, 9.17) is 26.4 Å². The van der Waals surface area contributed by atoms with Crippen molar-refractivity contribution in [3.8, 4) is 16.9 Å². The number of halogens is 1. The highest BCUT2D eigenvalue weighted by Crippen LogP contribution is 2.33. The molecule has 0 aliphatic rings. The van der Waals surface area contributed by atoms with Crippen molar-refractivity contribution in [2.75, 3.05) is 12.4 Å². The van der Waals surface area contributed by atoms with Gasteiger partial charge in [-0.1, -0.05) is 44.5 Å². The minimum Gasteiger partial charge on any atom is -0.497 e. The molecular formula is C24H25ClN4O. The van der Waals surface area contributed by atoms with Crippen molar-refractivity contribution >= 4 is 28.8 Å². The number of anilines is 2. The van der Waals surface area contributed by atoms with Crippen LogP contribution in [0, 0.1) is 6.92 Å². The molecule has 5 nitrogen and oxygen atoms in total. The average molecular weight is 421 g/mol. The second-order valence-corrected chi connectivity index (χ2v) is 8.77. The molecule has 0 radical (unpaired) electrons. The van der Waals surface area contributed by atoms with Crippen LogP contribution in [0.15, 0.2) is 54.6 Å². The van der Waals surface area contributed by atoms with Gasteiger partial charge in [-0.2, -0.15) is 9.61 Å². The van der Waals surface area contributed by atoms with E-state index in [1.165, 1.54) is 0 Å². The van der Waals surface area contributed by atoms with Crippen molar-refractivity contribution in [2.24, 2.45) is 0 Å². The molecule has 1 N–H and O–H groups in total. The maximum absolute atomic E-state index is 6.10. The molecule has 0 saturated heterocycles. The molecule has 0 amide bonds. The first-order valence-electron chi connectivity index (χ1n) is 9.84. The lowest BCUT2D eigenvalue weighted by atomic mass is 9.92. The maximum atomic E-state index is 6.10. The summed E-state index contributed by atoms with van der Waals surface area (Å²) in [5.74, 6) is 1.68. The number of benzene rings is 2. The van der Waals surface area contributed by atoms with Crippen molar-refractivity contribution in [1.29, 1.82) is 0 Å². The van der Waals surface area contributed by atoms with E-state index in [1.807, 2.05) is 60.0 Å². The number of hydrogen-bond acceptors (Lipinski definition) is 4. The minimum absolute atomic E-state index is 0.118. The Morgan fingerprint density at radius 2 is 1.67 bits per heavy atom. The second kappa shape index (κ2) is 7.65. The first-order valence-corrected chi connectivity index (χ1v) is 10.2. The van der Waals surface area contributed by atoms with Gasteiger partial charge in [-0.05, 0) is 48.9 Å². The molecule has 0 spiro atoms. The quantitative estimate of drug-likeness (QED) is 0.414. The van der Waals surface area contributed by atoms with Gasteiger partial charge in [0.15, 0.2) is 5.65 Å². The normalized spacial score (nSPS) is 11.7. The van der Waals surface area contributed by atoms with Crippen LogP contribution in [0.5, 0.6) is 5.75 Å². The van der Waals surface area contributed by atoms with Gasteiger partial charge < -0.3 is 10.1 Å². The molecule has 0 aliphatic heterocycles. The Balaban J connectivity index is 1.90. The first-order chi connectivity index (χ1) is 14.3. The fourth-order valence-electron chi connectivity index (χ4n) is 3.37. The van der Waals surface area contributed by atoms with Crippen LogP contribution in [0.3, 0.4) is 0 Å². The maximum Gasteiger partial charge on any atom is 0.165 e. The third-order valence-electron chi connectivity index (χ3n) is 5.03. The van der Waals surface area contributed by atoms with Crippen LogP contribution in [0.4, 0.5) is 11.5 Å². The SMILES string of the molecule is COc1ccc(Nc2cc(C(C)(C)C)nc3c(-c4ccc(Cl)cc4)c(C)nn23)cc1. The molecule has 0 fully saturated rings. The van der Waals surface area contributed by atoms with Gasteiger partial charge in [-0.3, -0.25) is 0 Å². The lowest BCUT2D eigenvalue weighted by Gasteiger charge is -2.20. The van der Waals surface area contributed by atoms with E-state index < -0.39 is 0 Å². The largest absolute Gasteiger partial charge is 0.497 e. The summed E-state index contributed by atoms with van der Waals surface area (Å²) in [5.41, 5.74) is 5.60. The summed E-state index contributed by atoms with van der Waals surface area (Å²) in [6.07, 6.45) is 0. The lowest BCUT2D eigenvalue weighted by molar-refractivity contribution is 0.415. The number of rotatable bonds is 4. The third-order valence-corrected chi connectivity index (χ3v) is 5.28. The zero-order chi connectivity index (χ0) is 21.5. The van der Waals surface area contributed by atoms with Crippen molar-refractivity contribution < 1.29 is 4.74 Å². The van der Waals surface area contributed by atoms with Crippen molar-refractivity contribution in [1.82, 2.24) is 14.6 Å². The monoisotopic (exact) mass is 420 g/mol. The topological polar surface area (TPSA) is 51.5 Å². The molecule has 4 aromatic rings. The van der Waals surface area contributed by atoms with Gasteiger partial charge in [0.25, 0.3) is 0 Å². The highest BCUT2D eigenvalue weighted by molar-refractivity contribution is 6.30. The molecule has 0 saturated carbocycles. The van der Waals surface area contributed by atoms with Gasteiger partial charge in [0.1, 0.15) is 11.6 Å². The molecule has 4 rings (SSSR count). The predicted molar refractivity (Wildman–Crippen MR) is 123 cm³/mol. The fourth-order valence-corrected chi connectivity index (χ4v) is 3.50. The molecule has 2 aromatic heterocycles. The first kappa shape index (κ1) is 20.2. The Bertz CT molecular complexity index is 1190. The van der Waals surface area contributed by atoms with Crippen LogP contribution in [-0.4, -0.2) is 21.7 Å². The smallest absolute Gasteiger partial charge is 0.165 e. The van der Waals surface area contributed by atoms with Gasteiger partial charge in [0.2, 0.25) is 0 Å². The van der Waals surface area contributed by atoms with E-state index in [-0.39, 0.29) is 5.41 Å². The summed E-state index contributed by atoms with van der Waals surface area (Å²) < 4.78 is 7.14. The molecule has 0 unspecified atom stereocenters. The van der Waals surface area contributed by atoms with Crippen LogP contribution < -0.4 is 10.1 Å². The van der Waals surface area contributed by atoms with Crippen molar-refractivity contribution in [2.45, 2.75) is 33.1 Å². The van der Waals surface area contributed by atoms with Crippen LogP contribution in [0.1, 0.15) is 32.2 Å². The van der Waals surface area contributed by atoms with Gasteiger partial charge >= 0.3 is 0 Å². The number of nitrogens with one attached hydrogen (secondary N) is 1. The standard InChI is InChI=1S/C24H25ClN4O/c1-15-22(16-6-8-17(25)9-7-16)23-27-20(24(2,3)4)14-21(29(23)28-15)26-18-10-12-19(30-5)13-11-18/h6-14,26H,1-5H3. The van der Waals surface area contributed by atoms with Crippen molar-refractivity contribution in [3.63, 3.8) is 0 Å². The molecule has 2 aromatic carbocycles. The summed E-state index contributed by atoms with van der Waals surface area (Å²) in [5, 5.41) is 9.00. The van der Waals surface area contributed by atoms with E-state index in [0.29, 0.717) is 5.02 Å². The predicted octanol–water partition coefficient (Wildman–Crippen LogP) is 6.41. The number of methoxy groups -OCH3 is 1. The summed E-state index contributed by atoms with van der Waals surface area (Å²) in [7, 11) is 1.66. The number of aromatic nitrogens is 3. The molecule has 6 heteroatoms. The molecule has 0 bridgehead atoms. The summed E-state index contributed by atoms with van der Waals surface area (Å²) in [6.45, 7) is 8.49. The molecule has 2 heterocycles. The number of fused-ring (bicyclic) bond motifs is 1. The van der Waals surface area contributed by atoms with Crippen LogP contribution >= 0.6 is 11.6 Å². The minimum atomic E-state index is -0.118. The van der Waals surface area contributed by atoms with Crippen LogP contribution in [0.25, 0.3) is 16.8 Å². The molecule has 154 valence electrons. The molecule has 0 aliphatic carbocycles. The number of nitrogens with zero attached hydrogens (tertiary/aromatic N) is 3. The zero-order valence-electron chi connectivity index (χ0n) is 17.8. The molecule has 30 heavy (non-hydrogen) atoms. The van der Waals surface area contributed by atoms with E-state index in [9.17, 15) is 0 Å². The fraction of sp³-hybridized carbons (Fsp3) is 0.250. The van der Waals surface area contributed by atoms with Gasteiger partial charge in [0.05, 0.1) is 18.5 Å². The Morgan fingerprint density at radius 3 is 2.27 bits per heavy atom. The summed E-state index contributed by atoms with van der Waals surface area (Å²) in [6, 6.07) is 17.7. The Hall–Kier alpha value is -3.05. The Kier molecular flexibility index (Phi) is 5.16. The molecule has 0 atom stereocenters. The van der Waals surface area contributed by atoms with E-state index >= 15 is 0 Å². The Labute approximate surface area is 181 Å². The lowest BCUT2D eigenvalue weighted by Crippen LogP contribution is -2.16. The van der Waals surface area contributed by atoms with Gasteiger partial charge in [0, 0.05) is 27.8 Å². The van der Waals surface area contributed by atoms with Gasteiger partial charge in [-0.25, -0.2) is 4.98 Å². The zero-order valence-corrected chi connectivity index (χ0v) is 18.6. The Morgan fingerprint density at radius 1 is 1.00 bits per heavy atom. The summed E-state index contributed by atoms with van der Waals surface area (Å²) in [4.78, 5) is 5.00. The number of aryl methyl sites for hydroxylation is 1. The van der Waals surface area contributed by atoms with Gasteiger partial charge in [-0.15, -0.1) is 0 Å². The highest BCUT2D eigenvalue weighted by atomic mass is 35.5. The average Bonchev–Trinajstić information content (AvgIpc) is 3.05. The third kappa shape index (κ3) is 3.85. The number of hydrogen-bond donors (Lipinski definition) is 1. The second-order valence-electron chi connectivity index (χ2n) is 8.33.